The van der Waals surface area contributed by atoms with E-state index in [2.05, 4.69) is 27.6 Å². The summed E-state index contributed by atoms with van der Waals surface area (Å²) in [6.45, 7) is 4.10. The number of halogens is 1. The number of hydrogen-bond acceptors (Lipinski definition) is 4. The average molecular weight is 535 g/mol. The quantitative estimate of drug-likeness (QED) is 0.248. The summed E-state index contributed by atoms with van der Waals surface area (Å²) in [6, 6.07) is 18.0. The first kappa shape index (κ1) is 24.5. The molecule has 0 bridgehead atoms. The fourth-order valence-corrected chi connectivity index (χ4v) is 3.03. The van der Waals surface area contributed by atoms with Gasteiger partial charge in [-0.3, -0.25) is 0 Å². The van der Waals surface area contributed by atoms with Crippen molar-refractivity contribution < 1.29 is 9.47 Å². The van der Waals surface area contributed by atoms with Crippen molar-refractivity contribution in [2.75, 3.05) is 27.3 Å². The van der Waals surface area contributed by atoms with Crippen LogP contribution in [0, 0.1) is 0 Å². The van der Waals surface area contributed by atoms with E-state index in [0.717, 1.165) is 53.9 Å². The zero-order chi connectivity index (χ0) is 21.2. The second kappa shape index (κ2) is 12.8. The summed E-state index contributed by atoms with van der Waals surface area (Å²) < 4.78 is 12.5. The molecule has 2 N–H and O–H groups in total. The van der Waals surface area contributed by atoms with Crippen molar-refractivity contribution in [3.05, 3.63) is 72.1 Å². The fourth-order valence-electron chi connectivity index (χ4n) is 3.03. The lowest BCUT2D eigenvalue weighted by Gasteiger charge is -2.12. The lowest BCUT2D eigenvalue weighted by atomic mass is 10.1. The number of para-hydroxylation sites is 1. The summed E-state index contributed by atoms with van der Waals surface area (Å²) in [5.74, 6) is 2.25. The Bertz CT molecular complexity index is 960. The first-order valence-corrected chi connectivity index (χ1v) is 10.1. The summed E-state index contributed by atoms with van der Waals surface area (Å²) in [7, 11) is 3.29. The Morgan fingerprint density at radius 2 is 1.77 bits per heavy atom. The molecule has 1 heterocycles. The highest BCUT2D eigenvalue weighted by molar-refractivity contribution is 14.0. The Balaban J connectivity index is 0.00000341. The minimum absolute atomic E-state index is 0. The van der Waals surface area contributed by atoms with Gasteiger partial charge >= 0.3 is 0 Å². The lowest BCUT2D eigenvalue weighted by molar-refractivity contribution is 0.354. The van der Waals surface area contributed by atoms with Gasteiger partial charge in [-0.2, -0.15) is 5.10 Å². The van der Waals surface area contributed by atoms with E-state index in [9.17, 15) is 0 Å². The predicted molar refractivity (Wildman–Crippen MR) is 135 cm³/mol. The number of benzene rings is 2. The molecule has 31 heavy (non-hydrogen) atoms. The van der Waals surface area contributed by atoms with Crippen LogP contribution >= 0.6 is 24.0 Å². The van der Waals surface area contributed by atoms with Gasteiger partial charge in [-0.25, -0.2) is 9.67 Å². The molecule has 0 atom stereocenters. The van der Waals surface area contributed by atoms with Crippen LogP contribution in [0.2, 0.25) is 0 Å². The second-order valence-corrected chi connectivity index (χ2v) is 6.65. The van der Waals surface area contributed by atoms with E-state index < -0.39 is 0 Å². The average Bonchev–Trinajstić information content (AvgIpc) is 3.27. The lowest BCUT2D eigenvalue weighted by Crippen LogP contribution is -2.38. The first-order valence-electron chi connectivity index (χ1n) is 10.1. The maximum Gasteiger partial charge on any atom is 0.191 e. The number of rotatable bonds is 9. The molecule has 0 saturated carbocycles. The van der Waals surface area contributed by atoms with Gasteiger partial charge in [0, 0.05) is 19.3 Å². The minimum Gasteiger partial charge on any atom is -0.493 e. The molecule has 7 nitrogen and oxygen atoms in total. The first-order chi connectivity index (χ1) is 14.7. The summed E-state index contributed by atoms with van der Waals surface area (Å²) in [5.41, 5.74) is 3.11. The number of guanidine groups is 1. The van der Waals surface area contributed by atoms with E-state index >= 15 is 0 Å². The van der Waals surface area contributed by atoms with Gasteiger partial charge in [0.2, 0.25) is 0 Å². The summed E-state index contributed by atoms with van der Waals surface area (Å²) >= 11 is 0. The molecule has 0 unspecified atom stereocenters. The molecule has 2 aromatic carbocycles. The van der Waals surface area contributed by atoms with Crippen LogP contribution < -0.4 is 20.1 Å². The van der Waals surface area contributed by atoms with E-state index in [1.54, 1.807) is 14.2 Å². The summed E-state index contributed by atoms with van der Waals surface area (Å²) in [6.07, 6.45) is 2.80. The molecule has 0 radical (unpaired) electrons. The van der Waals surface area contributed by atoms with Crippen LogP contribution in [0.3, 0.4) is 0 Å². The van der Waals surface area contributed by atoms with Crippen molar-refractivity contribution in [1.29, 1.82) is 0 Å². The molecule has 1 aromatic heterocycles. The molecule has 0 amide bonds. The normalized spacial score (nSPS) is 10.9. The smallest absolute Gasteiger partial charge is 0.191 e. The number of aromatic nitrogens is 2. The van der Waals surface area contributed by atoms with Crippen molar-refractivity contribution in [3.63, 3.8) is 0 Å². The summed E-state index contributed by atoms with van der Waals surface area (Å²) in [4.78, 5) is 4.66. The number of methoxy groups -OCH3 is 2. The number of aliphatic imine (C=N–C) groups is 1. The molecule has 166 valence electrons. The van der Waals surface area contributed by atoms with Gasteiger partial charge in [-0.05, 0) is 49.2 Å². The molecule has 3 aromatic rings. The van der Waals surface area contributed by atoms with Crippen LogP contribution in [0.4, 0.5) is 0 Å². The van der Waals surface area contributed by atoms with Crippen molar-refractivity contribution >= 4 is 29.9 Å². The largest absolute Gasteiger partial charge is 0.493 e. The van der Waals surface area contributed by atoms with E-state index in [-0.39, 0.29) is 24.0 Å². The Hall–Kier alpha value is -2.75. The third-order valence-electron chi connectivity index (χ3n) is 4.56. The van der Waals surface area contributed by atoms with Crippen LogP contribution in [-0.4, -0.2) is 43.0 Å². The number of ether oxygens (including phenoxy) is 2. The van der Waals surface area contributed by atoms with Crippen molar-refractivity contribution in [1.82, 2.24) is 20.4 Å². The maximum absolute atomic E-state index is 5.37. The molecule has 0 aliphatic carbocycles. The van der Waals surface area contributed by atoms with Gasteiger partial charge in [-0.15, -0.1) is 24.0 Å². The third kappa shape index (κ3) is 7.16. The highest BCUT2D eigenvalue weighted by atomic mass is 127. The topological polar surface area (TPSA) is 72.7 Å². The standard InChI is InChI=1S/C23H29N5O2.HI/c1-4-24-23(25-14-12-18-10-11-21(29-2)22(16-18)30-3)26-17-19-13-15-28(27-19)20-8-6-5-7-9-20;/h5-11,13,15-16H,4,12,14,17H2,1-3H3,(H2,24,25,26);1H. The minimum atomic E-state index is 0. The van der Waals surface area contributed by atoms with Gasteiger partial charge in [0.05, 0.1) is 32.1 Å². The van der Waals surface area contributed by atoms with Crippen LogP contribution in [0.5, 0.6) is 11.5 Å². The molecular formula is C23H30IN5O2. The van der Waals surface area contributed by atoms with Gasteiger partial charge in [0.25, 0.3) is 0 Å². The molecule has 8 heteroatoms. The Morgan fingerprint density at radius 3 is 2.48 bits per heavy atom. The van der Waals surface area contributed by atoms with Crippen LogP contribution in [-0.2, 0) is 13.0 Å². The molecular weight excluding hydrogens is 505 g/mol. The maximum atomic E-state index is 5.37. The fraction of sp³-hybridized carbons (Fsp3) is 0.304. The monoisotopic (exact) mass is 535 g/mol. The number of hydrogen-bond donors (Lipinski definition) is 2. The van der Waals surface area contributed by atoms with Gasteiger partial charge in [0.15, 0.2) is 17.5 Å². The van der Waals surface area contributed by atoms with Crippen molar-refractivity contribution in [2.45, 2.75) is 19.9 Å². The Labute approximate surface area is 200 Å². The second-order valence-electron chi connectivity index (χ2n) is 6.65. The SMILES string of the molecule is CCNC(=NCc1ccn(-c2ccccc2)n1)NCCc1ccc(OC)c(OC)c1.I. The van der Waals surface area contributed by atoms with Crippen molar-refractivity contribution in [2.24, 2.45) is 4.99 Å². The number of nitrogens with zero attached hydrogens (tertiary/aromatic N) is 3. The highest BCUT2D eigenvalue weighted by Crippen LogP contribution is 2.27. The molecule has 0 saturated heterocycles. The number of nitrogens with one attached hydrogen (secondary N) is 2. The Kier molecular flexibility index (Phi) is 10.2. The zero-order valence-electron chi connectivity index (χ0n) is 18.2. The van der Waals surface area contributed by atoms with E-state index in [1.807, 2.05) is 65.5 Å². The van der Waals surface area contributed by atoms with Crippen LogP contribution in [0.25, 0.3) is 5.69 Å². The molecule has 3 rings (SSSR count). The van der Waals surface area contributed by atoms with Gasteiger partial charge in [0.1, 0.15) is 0 Å². The Morgan fingerprint density at radius 1 is 1.00 bits per heavy atom. The third-order valence-corrected chi connectivity index (χ3v) is 4.56. The van der Waals surface area contributed by atoms with Crippen LogP contribution in [0.15, 0.2) is 65.8 Å². The van der Waals surface area contributed by atoms with Crippen molar-refractivity contribution in [3.8, 4) is 17.2 Å². The molecule has 0 spiro atoms. The van der Waals surface area contributed by atoms with E-state index in [0.29, 0.717) is 6.54 Å². The van der Waals surface area contributed by atoms with E-state index in [4.69, 9.17) is 9.47 Å². The molecule has 0 aliphatic rings. The van der Waals surface area contributed by atoms with E-state index in [1.165, 1.54) is 0 Å². The van der Waals surface area contributed by atoms with Gasteiger partial charge < -0.3 is 20.1 Å². The zero-order valence-corrected chi connectivity index (χ0v) is 20.5. The predicted octanol–water partition coefficient (Wildman–Crippen LogP) is 3.81. The molecule has 0 fully saturated rings. The summed E-state index contributed by atoms with van der Waals surface area (Å²) in [5, 5.41) is 11.3. The highest BCUT2D eigenvalue weighted by Gasteiger charge is 2.05. The van der Waals surface area contributed by atoms with Crippen LogP contribution in [0.1, 0.15) is 18.2 Å². The van der Waals surface area contributed by atoms with Gasteiger partial charge in [-0.1, -0.05) is 24.3 Å². The molecule has 0 aliphatic heterocycles.